The fourth-order valence-corrected chi connectivity index (χ4v) is 6.35. The zero-order chi connectivity index (χ0) is 26.0. The van der Waals surface area contributed by atoms with Crippen LogP contribution < -0.4 is 0 Å². The van der Waals surface area contributed by atoms with Crippen LogP contribution in [0.4, 0.5) is 0 Å². The minimum atomic E-state index is -0.141. The molecule has 1 aliphatic rings. The maximum absolute atomic E-state index is 9.94. The molecule has 1 aliphatic carbocycles. The van der Waals surface area contributed by atoms with E-state index in [1.165, 1.54) is 33.0 Å². The normalized spacial score (nSPS) is 13.2. The summed E-state index contributed by atoms with van der Waals surface area (Å²) in [5, 5.41) is 21.8. The smallest absolute Gasteiger partial charge is 0.0992 e. The van der Waals surface area contributed by atoms with Gasteiger partial charge in [0, 0.05) is 21.9 Å². The molecule has 0 atom stereocenters. The molecule has 38 heavy (non-hydrogen) atoms. The third-order valence-electron chi connectivity index (χ3n) is 7.98. The molecule has 5 aromatic carbocycles. The Balaban J connectivity index is 1.57. The lowest BCUT2D eigenvalue weighted by atomic mass is 9.80. The zero-order valence-corrected chi connectivity index (χ0v) is 21.2. The summed E-state index contributed by atoms with van der Waals surface area (Å²) in [5.74, 6) is 0. The van der Waals surface area contributed by atoms with Crippen LogP contribution in [0.3, 0.4) is 0 Å². The lowest BCUT2D eigenvalue weighted by molar-refractivity contribution is 0.666. The molecule has 0 amide bonds. The lowest BCUT2D eigenvalue weighted by Gasteiger charge is -2.22. The van der Waals surface area contributed by atoms with Gasteiger partial charge in [-0.15, -0.1) is 0 Å². The summed E-state index contributed by atoms with van der Waals surface area (Å²) in [6, 6.07) is 39.8. The van der Waals surface area contributed by atoms with Gasteiger partial charge in [0.2, 0.25) is 0 Å². The average molecular weight is 486 g/mol. The van der Waals surface area contributed by atoms with Crippen LogP contribution in [0, 0.1) is 22.7 Å². The SMILES string of the molecule is CC1(C)c2ccccc2-c2ccc3c(c21)c1ccccc1n3-c1cc(C#N)cc(-c2cccc(C#N)c2)c1. The molecule has 0 aliphatic heterocycles. The van der Waals surface area contributed by atoms with Crippen molar-refractivity contribution in [2.75, 3.05) is 0 Å². The van der Waals surface area contributed by atoms with Gasteiger partial charge in [-0.1, -0.05) is 74.5 Å². The minimum absolute atomic E-state index is 0.141. The van der Waals surface area contributed by atoms with Crippen molar-refractivity contribution in [3.63, 3.8) is 0 Å². The number of fused-ring (bicyclic) bond motifs is 7. The molecule has 0 N–H and O–H groups in total. The Bertz CT molecular complexity index is 2030. The van der Waals surface area contributed by atoms with Gasteiger partial charge in [-0.2, -0.15) is 10.5 Å². The first-order valence-corrected chi connectivity index (χ1v) is 12.7. The Morgan fingerprint density at radius 1 is 0.632 bits per heavy atom. The first kappa shape index (κ1) is 22.1. The highest BCUT2D eigenvalue weighted by molar-refractivity contribution is 6.14. The summed E-state index contributed by atoms with van der Waals surface area (Å²) in [4.78, 5) is 0. The van der Waals surface area contributed by atoms with E-state index in [1.807, 2.05) is 30.3 Å². The molecule has 0 saturated carbocycles. The predicted octanol–water partition coefficient (Wildman–Crippen LogP) is 8.50. The van der Waals surface area contributed by atoms with Crippen LogP contribution in [0.1, 0.15) is 36.1 Å². The molecule has 3 nitrogen and oxygen atoms in total. The van der Waals surface area contributed by atoms with E-state index in [2.05, 4.69) is 97.3 Å². The molecular formula is C35H23N3. The summed E-state index contributed by atoms with van der Waals surface area (Å²) in [6.45, 7) is 4.64. The van der Waals surface area contributed by atoms with E-state index in [-0.39, 0.29) is 5.41 Å². The monoisotopic (exact) mass is 485 g/mol. The number of nitriles is 2. The second kappa shape index (κ2) is 7.94. The van der Waals surface area contributed by atoms with E-state index in [4.69, 9.17) is 0 Å². The second-order valence-electron chi connectivity index (χ2n) is 10.5. The van der Waals surface area contributed by atoms with Crippen molar-refractivity contribution < 1.29 is 0 Å². The van der Waals surface area contributed by atoms with Crippen LogP contribution in [0.5, 0.6) is 0 Å². The van der Waals surface area contributed by atoms with Crippen molar-refractivity contribution in [2.24, 2.45) is 0 Å². The molecule has 1 aromatic heterocycles. The second-order valence-corrected chi connectivity index (χ2v) is 10.5. The predicted molar refractivity (Wildman–Crippen MR) is 153 cm³/mol. The van der Waals surface area contributed by atoms with E-state index in [0.717, 1.165) is 27.8 Å². The quantitative estimate of drug-likeness (QED) is 0.247. The number of nitrogens with zero attached hydrogens (tertiary/aromatic N) is 3. The number of rotatable bonds is 2. The maximum atomic E-state index is 9.94. The molecular weight excluding hydrogens is 462 g/mol. The van der Waals surface area contributed by atoms with Gasteiger partial charge in [-0.3, -0.25) is 0 Å². The zero-order valence-electron chi connectivity index (χ0n) is 21.2. The maximum Gasteiger partial charge on any atom is 0.0992 e. The molecule has 0 fully saturated rings. The lowest BCUT2D eigenvalue weighted by Crippen LogP contribution is -2.15. The largest absolute Gasteiger partial charge is 0.309 e. The van der Waals surface area contributed by atoms with Crippen LogP contribution >= 0.6 is 0 Å². The Labute approximate surface area is 221 Å². The molecule has 6 aromatic rings. The van der Waals surface area contributed by atoms with Crippen molar-refractivity contribution in [1.29, 1.82) is 10.5 Å². The van der Waals surface area contributed by atoms with Gasteiger partial charge in [-0.25, -0.2) is 0 Å². The van der Waals surface area contributed by atoms with E-state index in [9.17, 15) is 10.5 Å². The Morgan fingerprint density at radius 2 is 1.39 bits per heavy atom. The summed E-state index contributed by atoms with van der Waals surface area (Å²) in [6.07, 6.45) is 0. The molecule has 0 radical (unpaired) electrons. The van der Waals surface area contributed by atoms with Crippen LogP contribution in [-0.4, -0.2) is 4.57 Å². The van der Waals surface area contributed by atoms with Crippen LogP contribution in [-0.2, 0) is 5.41 Å². The third kappa shape index (κ3) is 3.00. The van der Waals surface area contributed by atoms with E-state index in [0.29, 0.717) is 11.1 Å². The molecule has 1 heterocycles. The molecule has 0 saturated heterocycles. The first-order chi connectivity index (χ1) is 18.5. The van der Waals surface area contributed by atoms with Crippen LogP contribution in [0.2, 0.25) is 0 Å². The third-order valence-corrected chi connectivity index (χ3v) is 7.98. The number of para-hydroxylation sites is 1. The topological polar surface area (TPSA) is 52.5 Å². The first-order valence-electron chi connectivity index (χ1n) is 12.7. The standard InChI is InChI=1S/C35H23N3/c1-35(2)30-12-5-3-10-27(30)28-14-15-32-33(34(28)35)29-11-4-6-13-31(29)38(32)26-18-23(21-37)17-25(19-26)24-9-7-8-22(16-24)20-36/h3-19H,1-2H3. The number of hydrogen-bond acceptors (Lipinski definition) is 2. The van der Waals surface area contributed by atoms with Crippen molar-refractivity contribution in [1.82, 2.24) is 4.57 Å². The summed E-state index contributed by atoms with van der Waals surface area (Å²) >= 11 is 0. The fourth-order valence-electron chi connectivity index (χ4n) is 6.35. The minimum Gasteiger partial charge on any atom is -0.309 e. The number of hydrogen-bond donors (Lipinski definition) is 0. The number of benzene rings is 5. The molecule has 178 valence electrons. The Kier molecular flexibility index (Phi) is 4.62. The van der Waals surface area contributed by atoms with Gasteiger partial charge in [0.25, 0.3) is 0 Å². The summed E-state index contributed by atoms with van der Waals surface area (Å²) < 4.78 is 2.28. The highest BCUT2D eigenvalue weighted by atomic mass is 15.0. The van der Waals surface area contributed by atoms with Crippen LogP contribution in [0.25, 0.3) is 49.7 Å². The van der Waals surface area contributed by atoms with Crippen molar-refractivity contribution in [3.8, 4) is 40.1 Å². The van der Waals surface area contributed by atoms with E-state index >= 15 is 0 Å². The Morgan fingerprint density at radius 3 is 2.24 bits per heavy atom. The average Bonchev–Trinajstić information content (AvgIpc) is 3.42. The van der Waals surface area contributed by atoms with Gasteiger partial charge in [0.1, 0.15) is 0 Å². The summed E-state index contributed by atoms with van der Waals surface area (Å²) in [7, 11) is 0. The van der Waals surface area contributed by atoms with Gasteiger partial charge < -0.3 is 4.57 Å². The highest BCUT2D eigenvalue weighted by Gasteiger charge is 2.37. The van der Waals surface area contributed by atoms with E-state index in [1.54, 1.807) is 6.07 Å². The van der Waals surface area contributed by atoms with Crippen molar-refractivity contribution >= 4 is 21.8 Å². The van der Waals surface area contributed by atoms with E-state index < -0.39 is 0 Å². The van der Waals surface area contributed by atoms with Crippen molar-refractivity contribution in [2.45, 2.75) is 19.3 Å². The summed E-state index contributed by atoms with van der Waals surface area (Å²) in [5.41, 5.74) is 11.3. The van der Waals surface area contributed by atoms with Gasteiger partial charge in [0.15, 0.2) is 0 Å². The molecule has 0 unspecified atom stereocenters. The number of aromatic nitrogens is 1. The molecule has 3 heteroatoms. The Hall–Kier alpha value is -5.12. The van der Waals surface area contributed by atoms with Gasteiger partial charge in [-0.05, 0) is 75.8 Å². The molecule has 0 spiro atoms. The fraction of sp³-hybridized carbons (Fsp3) is 0.0857. The van der Waals surface area contributed by atoms with Gasteiger partial charge >= 0.3 is 0 Å². The van der Waals surface area contributed by atoms with Crippen molar-refractivity contribution in [3.05, 3.63) is 125 Å². The van der Waals surface area contributed by atoms with Gasteiger partial charge in [0.05, 0.1) is 34.3 Å². The van der Waals surface area contributed by atoms with Crippen LogP contribution in [0.15, 0.2) is 103 Å². The molecule has 0 bridgehead atoms. The molecule has 7 rings (SSSR count). The highest BCUT2D eigenvalue weighted by Crippen LogP contribution is 2.53.